The minimum atomic E-state index is 0.0884. The minimum Gasteiger partial charge on any atom is -0.472 e. The Hall–Kier alpha value is -3.33. The van der Waals surface area contributed by atoms with Crippen LogP contribution in [0.4, 0.5) is 0 Å². The molecule has 1 saturated carbocycles. The molecule has 132 valence electrons. The normalized spacial score (nSPS) is 18.5. The highest BCUT2D eigenvalue weighted by molar-refractivity contribution is 6.03. The Morgan fingerprint density at radius 3 is 2.48 bits per heavy atom. The Morgan fingerprint density at radius 1 is 0.926 bits per heavy atom. The van der Waals surface area contributed by atoms with Crippen molar-refractivity contribution in [2.75, 3.05) is 0 Å². The molecule has 4 aromatic rings. The van der Waals surface area contributed by atoms with Crippen LogP contribution in [0, 0.1) is 5.41 Å². The molecule has 1 aromatic heterocycles. The van der Waals surface area contributed by atoms with Crippen LogP contribution in [-0.2, 0) is 0 Å². The van der Waals surface area contributed by atoms with Crippen molar-refractivity contribution < 1.29 is 4.42 Å². The third kappa shape index (κ3) is 2.81. The SMILES string of the molecule is N=C(N)c1ccc2cc(C3CC3c3ccccc3)cc(-c3ccoc3)c2c1. The fourth-order valence-corrected chi connectivity index (χ4v) is 4.05. The van der Waals surface area contributed by atoms with Crippen LogP contribution in [0.15, 0.2) is 83.7 Å². The van der Waals surface area contributed by atoms with Crippen molar-refractivity contribution in [3.05, 3.63) is 95.9 Å². The molecule has 2 unspecified atom stereocenters. The highest BCUT2D eigenvalue weighted by atomic mass is 16.3. The molecule has 1 heterocycles. The molecule has 3 heteroatoms. The lowest BCUT2D eigenvalue weighted by atomic mass is 9.93. The van der Waals surface area contributed by atoms with Crippen LogP contribution in [0.25, 0.3) is 21.9 Å². The van der Waals surface area contributed by atoms with Gasteiger partial charge in [0.05, 0.1) is 12.5 Å². The van der Waals surface area contributed by atoms with Gasteiger partial charge in [-0.1, -0.05) is 54.6 Å². The van der Waals surface area contributed by atoms with E-state index >= 15 is 0 Å². The molecule has 0 aliphatic heterocycles. The van der Waals surface area contributed by atoms with E-state index in [9.17, 15) is 0 Å². The number of nitrogens with one attached hydrogen (secondary N) is 1. The second-order valence-corrected chi connectivity index (χ2v) is 7.29. The lowest BCUT2D eigenvalue weighted by Crippen LogP contribution is -2.10. The summed E-state index contributed by atoms with van der Waals surface area (Å²) in [6, 6.07) is 23.3. The van der Waals surface area contributed by atoms with Crippen molar-refractivity contribution in [3.63, 3.8) is 0 Å². The van der Waals surface area contributed by atoms with Gasteiger partial charge in [-0.25, -0.2) is 0 Å². The highest BCUT2D eigenvalue weighted by Crippen LogP contribution is 2.55. The molecule has 0 radical (unpaired) electrons. The van der Waals surface area contributed by atoms with E-state index in [-0.39, 0.29) is 5.84 Å². The van der Waals surface area contributed by atoms with Gasteiger partial charge in [0.25, 0.3) is 0 Å². The lowest BCUT2D eigenvalue weighted by molar-refractivity contribution is 0.568. The van der Waals surface area contributed by atoms with E-state index in [2.05, 4.69) is 48.5 Å². The fourth-order valence-electron chi connectivity index (χ4n) is 4.05. The number of hydrogen-bond donors (Lipinski definition) is 2. The summed E-state index contributed by atoms with van der Waals surface area (Å²) in [7, 11) is 0. The first kappa shape index (κ1) is 15.9. The van der Waals surface area contributed by atoms with Gasteiger partial charge in [-0.2, -0.15) is 0 Å². The Balaban J connectivity index is 1.63. The van der Waals surface area contributed by atoms with Gasteiger partial charge in [-0.15, -0.1) is 0 Å². The van der Waals surface area contributed by atoms with Crippen molar-refractivity contribution in [2.24, 2.45) is 5.73 Å². The van der Waals surface area contributed by atoms with E-state index in [4.69, 9.17) is 15.6 Å². The predicted molar refractivity (Wildman–Crippen MR) is 109 cm³/mol. The summed E-state index contributed by atoms with van der Waals surface area (Å²) < 4.78 is 5.34. The molecule has 0 amide bonds. The largest absolute Gasteiger partial charge is 0.472 e. The van der Waals surface area contributed by atoms with E-state index in [0.717, 1.165) is 22.1 Å². The van der Waals surface area contributed by atoms with Crippen molar-refractivity contribution in [1.29, 1.82) is 5.41 Å². The standard InChI is InChI=1S/C24H20N2O/c25-24(26)17-7-6-16-10-19(23-13-22(23)15-4-2-1-3-5-15)12-21(20(16)11-17)18-8-9-27-14-18/h1-12,14,22-23H,13H2,(H3,25,26). The molecule has 1 fully saturated rings. The Kier molecular flexibility index (Phi) is 3.61. The van der Waals surface area contributed by atoms with Gasteiger partial charge in [0.1, 0.15) is 5.84 Å². The molecule has 0 bridgehead atoms. The average Bonchev–Trinajstić information content (AvgIpc) is 3.32. The van der Waals surface area contributed by atoms with Gasteiger partial charge in [0, 0.05) is 11.1 Å². The van der Waals surface area contributed by atoms with Crippen LogP contribution in [-0.4, -0.2) is 5.84 Å². The van der Waals surface area contributed by atoms with Crippen molar-refractivity contribution in [1.82, 2.24) is 0 Å². The molecule has 1 aliphatic carbocycles. The maximum atomic E-state index is 7.76. The number of fused-ring (bicyclic) bond motifs is 1. The molecular formula is C24H20N2O. The predicted octanol–water partition coefficient (Wildman–Crippen LogP) is 5.65. The number of benzene rings is 3. The Bertz CT molecular complexity index is 1130. The van der Waals surface area contributed by atoms with Gasteiger partial charge in [0.2, 0.25) is 0 Å². The van der Waals surface area contributed by atoms with E-state index in [1.165, 1.54) is 22.9 Å². The molecule has 0 spiro atoms. The maximum Gasteiger partial charge on any atom is 0.122 e. The van der Waals surface area contributed by atoms with Gasteiger partial charge >= 0.3 is 0 Å². The number of hydrogen-bond acceptors (Lipinski definition) is 2. The zero-order chi connectivity index (χ0) is 18.4. The summed E-state index contributed by atoms with van der Waals surface area (Å²) in [6.07, 6.45) is 4.67. The third-order valence-corrected chi connectivity index (χ3v) is 5.57. The van der Waals surface area contributed by atoms with E-state index < -0.39 is 0 Å². The fraction of sp³-hybridized carbons (Fsp3) is 0.125. The van der Waals surface area contributed by atoms with Crippen molar-refractivity contribution >= 4 is 16.6 Å². The summed E-state index contributed by atoms with van der Waals surface area (Å²) in [5.41, 5.74) is 11.4. The molecule has 3 N–H and O–H groups in total. The molecule has 27 heavy (non-hydrogen) atoms. The highest BCUT2D eigenvalue weighted by Gasteiger charge is 2.39. The summed E-state index contributed by atoms with van der Waals surface area (Å²) in [5.74, 6) is 1.23. The molecule has 1 aliphatic rings. The van der Waals surface area contributed by atoms with E-state index in [1.807, 2.05) is 18.2 Å². The number of amidine groups is 1. The summed E-state index contributed by atoms with van der Waals surface area (Å²) >= 11 is 0. The molecule has 3 nitrogen and oxygen atoms in total. The number of nitrogens with two attached hydrogens (primary N) is 1. The van der Waals surface area contributed by atoms with Crippen molar-refractivity contribution in [2.45, 2.75) is 18.3 Å². The third-order valence-electron chi connectivity index (χ3n) is 5.57. The van der Waals surface area contributed by atoms with Crippen LogP contribution < -0.4 is 5.73 Å². The van der Waals surface area contributed by atoms with Gasteiger partial charge in [-0.3, -0.25) is 5.41 Å². The van der Waals surface area contributed by atoms with E-state index in [1.54, 1.807) is 12.5 Å². The van der Waals surface area contributed by atoms with Gasteiger partial charge < -0.3 is 10.2 Å². The van der Waals surface area contributed by atoms with Gasteiger partial charge in [0.15, 0.2) is 0 Å². The second kappa shape index (κ2) is 6.13. The van der Waals surface area contributed by atoms with Crippen LogP contribution in [0.1, 0.15) is 34.9 Å². The summed E-state index contributed by atoms with van der Waals surface area (Å²) in [6.45, 7) is 0. The maximum absolute atomic E-state index is 7.76. The molecule has 0 saturated heterocycles. The van der Waals surface area contributed by atoms with Gasteiger partial charge in [-0.05, 0) is 57.9 Å². The summed E-state index contributed by atoms with van der Waals surface area (Å²) in [5, 5.41) is 10.0. The monoisotopic (exact) mass is 352 g/mol. The minimum absolute atomic E-state index is 0.0884. The molecule has 3 aromatic carbocycles. The molecular weight excluding hydrogens is 332 g/mol. The topological polar surface area (TPSA) is 63.0 Å². The second-order valence-electron chi connectivity index (χ2n) is 7.29. The molecule has 2 atom stereocenters. The van der Waals surface area contributed by atoms with Crippen molar-refractivity contribution in [3.8, 4) is 11.1 Å². The van der Waals surface area contributed by atoms with Crippen LogP contribution in [0.2, 0.25) is 0 Å². The van der Waals surface area contributed by atoms with Crippen LogP contribution >= 0.6 is 0 Å². The Morgan fingerprint density at radius 2 is 1.74 bits per heavy atom. The zero-order valence-corrected chi connectivity index (χ0v) is 14.9. The van der Waals surface area contributed by atoms with E-state index in [0.29, 0.717) is 11.8 Å². The first-order valence-corrected chi connectivity index (χ1v) is 9.20. The zero-order valence-electron chi connectivity index (χ0n) is 14.9. The average molecular weight is 352 g/mol. The smallest absolute Gasteiger partial charge is 0.122 e. The number of rotatable bonds is 4. The number of furan rings is 1. The summed E-state index contributed by atoms with van der Waals surface area (Å²) in [4.78, 5) is 0. The van der Waals surface area contributed by atoms with Crippen LogP contribution in [0.5, 0.6) is 0 Å². The first-order valence-electron chi connectivity index (χ1n) is 9.20. The van der Waals surface area contributed by atoms with Crippen LogP contribution in [0.3, 0.4) is 0 Å². The lowest BCUT2D eigenvalue weighted by Gasteiger charge is -2.11. The first-order chi connectivity index (χ1) is 13.2. The quantitative estimate of drug-likeness (QED) is 0.368. The Labute approximate surface area is 158 Å². The molecule has 5 rings (SSSR count). The number of nitrogen functional groups attached to an aromatic ring is 1.